The van der Waals surface area contributed by atoms with Gasteiger partial charge >= 0.3 is 0 Å². The first-order valence-corrected chi connectivity index (χ1v) is 8.40. The maximum Gasteiger partial charge on any atom is 0.156 e. The number of rotatable bonds is 15. The molecule has 0 saturated heterocycles. The van der Waals surface area contributed by atoms with Crippen LogP contribution in [0.2, 0.25) is 0 Å². The summed E-state index contributed by atoms with van der Waals surface area (Å²) in [6.45, 7) is 2.28. The average molecular weight is 272 g/mol. The Morgan fingerprint density at radius 2 is 0.947 bits per heavy atom. The molecule has 0 aliphatic carbocycles. The van der Waals surface area contributed by atoms with E-state index in [0.29, 0.717) is 0 Å². The Morgan fingerprint density at radius 1 is 0.579 bits per heavy atom. The topological polar surface area (TPSA) is 18.5 Å². The Labute approximate surface area is 121 Å². The largest absolute Gasteiger partial charge is 0.356 e. The number of methoxy groups -OCH3 is 2. The Bertz CT molecular complexity index is 155. The van der Waals surface area contributed by atoms with Gasteiger partial charge in [-0.15, -0.1) is 0 Å². The molecule has 2 nitrogen and oxygen atoms in total. The Kier molecular flexibility index (Phi) is 15.9. The van der Waals surface area contributed by atoms with Crippen molar-refractivity contribution in [1.29, 1.82) is 0 Å². The van der Waals surface area contributed by atoms with E-state index in [4.69, 9.17) is 9.47 Å². The first-order chi connectivity index (χ1) is 9.35. The fourth-order valence-electron chi connectivity index (χ4n) is 2.48. The van der Waals surface area contributed by atoms with Gasteiger partial charge < -0.3 is 9.47 Å². The van der Waals surface area contributed by atoms with Crippen molar-refractivity contribution in [3.8, 4) is 0 Å². The highest BCUT2D eigenvalue weighted by atomic mass is 16.7. The number of unbranched alkanes of at least 4 members (excludes halogenated alkanes) is 11. The van der Waals surface area contributed by atoms with E-state index in [-0.39, 0.29) is 6.29 Å². The molecule has 0 aromatic heterocycles. The second kappa shape index (κ2) is 16.0. The molecule has 0 bridgehead atoms. The van der Waals surface area contributed by atoms with Gasteiger partial charge in [-0.05, 0) is 12.8 Å². The van der Waals surface area contributed by atoms with Crippen LogP contribution in [0, 0.1) is 0 Å². The van der Waals surface area contributed by atoms with Crippen LogP contribution >= 0.6 is 0 Å². The molecule has 0 fully saturated rings. The third-order valence-corrected chi connectivity index (χ3v) is 3.82. The summed E-state index contributed by atoms with van der Waals surface area (Å²) < 4.78 is 10.4. The van der Waals surface area contributed by atoms with E-state index in [1.807, 2.05) is 0 Å². The lowest BCUT2D eigenvalue weighted by Crippen LogP contribution is -2.12. The SMILES string of the molecule is CCCCCCCCCCCCCCC(OC)OC. The van der Waals surface area contributed by atoms with Crippen molar-refractivity contribution < 1.29 is 9.47 Å². The first-order valence-electron chi connectivity index (χ1n) is 8.40. The van der Waals surface area contributed by atoms with E-state index in [0.717, 1.165) is 6.42 Å². The van der Waals surface area contributed by atoms with Gasteiger partial charge in [0.1, 0.15) is 0 Å². The standard InChI is InChI=1S/C17H36O2/c1-4-5-6-7-8-9-10-11-12-13-14-15-16-17(18-2)19-3/h17H,4-16H2,1-3H3. The zero-order chi connectivity index (χ0) is 14.2. The van der Waals surface area contributed by atoms with Gasteiger partial charge in [-0.25, -0.2) is 0 Å². The molecule has 0 saturated carbocycles. The van der Waals surface area contributed by atoms with Gasteiger partial charge in [0.2, 0.25) is 0 Å². The molecule has 0 spiro atoms. The highest BCUT2D eigenvalue weighted by Crippen LogP contribution is 2.13. The fourth-order valence-corrected chi connectivity index (χ4v) is 2.48. The molecule has 2 heteroatoms. The zero-order valence-corrected chi connectivity index (χ0v) is 13.6. The van der Waals surface area contributed by atoms with Crippen LogP contribution in [0.3, 0.4) is 0 Å². The molecule has 0 rings (SSSR count). The normalized spacial score (nSPS) is 11.4. The summed E-state index contributed by atoms with van der Waals surface area (Å²) in [6.07, 6.45) is 17.8. The summed E-state index contributed by atoms with van der Waals surface area (Å²) in [4.78, 5) is 0. The van der Waals surface area contributed by atoms with Crippen LogP contribution in [0.15, 0.2) is 0 Å². The van der Waals surface area contributed by atoms with Gasteiger partial charge in [-0.3, -0.25) is 0 Å². The number of hydrogen-bond donors (Lipinski definition) is 0. The molecule has 0 N–H and O–H groups in total. The Hall–Kier alpha value is -0.0800. The van der Waals surface area contributed by atoms with Crippen molar-refractivity contribution in [3.05, 3.63) is 0 Å². The molecular weight excluding hydrogens is 236 g/mol. The van der Waals surface area contributed by atoms with E-state index >= 15 is 0 Å². The van der Waals surface area contributed by atoms with E-state index in [1.165, 1.54) is 77.0 Å². The summed E-state index contributed by atoms with van der Waals surface area (Å²) >= 11 is 0. The van der Waals surface area contributed by atoms with Crippen molar-refractivity contribution in [2.45, 2.75) is 96.7 Å². The highest BCUT2D eigenvalue weighted by Gasteiger charge is 2.03. The van der Waals surface area contributed by atoms with Crippen LogP contribution in [0.5, 0.6) is 0 Å². The van der Waals surface area contributed by atoms with Crippen molar-refractivity contribution in [3.63, 3.8) is 0 Å². The molecule has 0 unspecified atom stereocenters. The second-order valence-corrected chi connectivity index (χ2v) is 5.58. The van der Waals surface area contributed by atoms with Crippen LogP contribution in [0.1, 0.15) is 90.4 Å². The van der Waals surface area contributed by atoms with Crippen molar-refractivity contribution in [1.82, 2.24) is 0 Å². The first kappa shape index (κ1) is 18.9. The lowest BCUT2D eigenvalue weighted by Gasteiger charge is -2.12. The molecule has 0 amide bonds. The maximum atomic E-state index is 5.18. The number of ether oxygens (including phenoxy) is 2. The molecule has 0 aromatic rings. The molecular formula is C17H36O2. The summed E-state index contributed by atoms with van der Waals surface area (Å²) in [6, 6.07) is 0. The quantitative estimate of drug-likeness (QED) is 0.281. The van der Waals surface area contributed by atoms with E-state index < -0.39 is 0 Å². The van der Waals surface area contributed by atoms with E-state index in [9.17, 15) is 0 Å². The van der Waals surface area contributed by atoms with Crippen molar-refractivity contribution in [2.75, 3.05) is 14.2 Å². The molecule has 19 heavy (non-hydrogen) atoms. The van der Waals surface area contributed by atoms with E-state index in [2.05, 4.69) is 6.92 Å². The maximum absolute atomic E-state index is 5.18. The van der Waals surface area contributed by atoms with Gasteiger partial charge in [0.25, 0.3) is 0 Å². The summed E-state index contributed by atoms with van der Waals surface area (Å²) in [5.41, 5.74) is 0. The van der Waals surface area contributed by atoms with Crippen LogP contribution in [0.25, 0.3) is 0 Å². The van der Waals surface area contributed by atoms with Gasteiger partial charge in [0, 0.05) is 14.2 Å². The van der Waals surface area contributed by atoms with Crippen LogP contribution in [0.4, 0.5) is 0 Å². The van der Waals surface area contributed by atoms with Crippen molar-refractivity contribution in [2.24, 2.45) is 0 Å². The van der Waals surface area contributed by atoms with Gasteiger partial charge in [0.15, 0.2) is 6.29 Å². The molecule has 0 aliphatic rings. The second-order valence-electron chi connectivity index (χ2n) is 5.58. The zero-order valence-electron chi connectivity index (χ0n) is 13.6. The molecule has 0 radical (unpaired) electrons. The third kappa shape index (κ3) is 14.1. The van der Waals surface area contributed by atoms with Crippen molar-refractivity contribution >= 4 is 0 Å². The summed E-state index contributed by atoms with van der Waals surface area (Å²) in [5, 5.41) is 0. The Morgan fingerprint density at radius 3 is 1.32 bits per heavy atom. The predicted octanol–water partition coefficient (Wildman–Crippen LogP) is 5.70. The highest BCUT2D eigenvalue weighted by molar-refractivity contribution is 4.50. The molecule has 0 aromatic carbocycles. The van der Waals surface area contributed by atoms with Gasteiger partial charge in [0.05, 0.1) is 0 Å². The minimum Gasteiger partial charge on any atom is -0.356 e. The van der Waals surface area contributed by atoms with Crippen LogP contribution in [-0.2, 0) is 9.47 Å². The minimum absolute atomic E-state index is 0.00289. The minimum atomic E-state index is 0.00289. The molecule has 0 heterocycles. The monoisotopic (exact) mass is 272 g/mol. The number of hydrogen-bond acceptors (Lipinski definition) is 2. The fraction of sp³-hybridized carbons (Fsp3) is 1.00. The van der Waals surface area contributed by atoms with Gasteiger partial charge in [-0.2, -0.15) is 0 Å². The third-order valence-electron chi connectivity index (χ3n) is 3.82. The molecule has 0 atom stereocenters. The Balaban J connectivity index is 3.02. The lowest BCUT2D eigenvalue weighted by atomic mass is 10.0. The predicted molar refractivity (Wildman–Crippen MR) is 83.5 cm³/mol. The smallest absolute Gasteiger partial charge is 0.156 e. The molecule has 116 valence electrons. The lowest BCUT2D eigenvalue weighted by molar-refractivity contribution is -0.107. The van der Waals surface area contributed by atoms with E-state index in [1.54, 1.807) is 14.2 Å². The molecule has 0 aliphatic heterocycles. The van der Waals surface area contributed by atoms with Crippen LogP contribution in [-0.4, -0.2) is 20.5 Å². The summed E-state index contributed by atoms with van der Waals surface area (Å²) in [5.74, 6) is 0. The summed E-state index contributed by atoms with van der Waals surface area (Å²) in [7, 11) is 3.43. The average Bonchev–Trinajstić information content (AvgIpc) is 2.44. The van der Waals surface area contributed by atoms with Gasteiger partial charge in [-0.1, -0.05) is 77.6 Å². The van der Waals surface area contributed by atoms with Crippen LogP contribution < -0.4 is 0 Å².